The van der Waals surface area contributed by atoms with Gasteiger partial charge in [0.05, 0.1) is 4.90 Å². The zero-order valence-corrected chi connectivity index (χ0v) is 17.6. The second kappa shape index (κ2) is 9.66. The highest BCUT2D eigenvalue weighted by Crippen LogP contribution is 2.33. The van der Waals surface area contributed by atoms with E-state index in [9.17, 15) is 13.2 Å². The van der Waals surface area contributed by atoms with Crippen molar-refractivity contribution >= 4 is 22.1 Å². The molecule has 0 bridgehead atoms. The van der Waals surface area contributed by atoms with E-state index in [4.69, 9.17) is 0 Å². The van der Waals surface area contributed by atoms with E-state index in [2.05, 4.69) is 22.1 Å². The standard InChI is InChI=1S/C12H18N2O2S.C8H10N2O/c1-9-7-10-5-6-11(8-12(10)14(9)4)17(15,16)13(2)3;11-7-10-5-3-8-2-1-4-9-6-8/h5-6,8-9H,7H2,1-4H3;1-2,4,6-7H,3,5H2,(H,10,11). The fourth-order valence-corrected chi connectivity index (χ4v) is 3.85. The highest BCUT2D eigenvalue weighted by molar-refractivity contribution is 7.89. The first-order valence-electron chi connectivity index (χ1n) is 9.11. The topological polar surface area (TPSA) is 82.6 Å². The van der Waals surface area contributed by atoms with Gasteiger partial charge in [0.1, 0.15) is 0 Å². The second-order valence-corrected chi connectivity index (χ2v) is 9.08. The Labute approximate surface area is 167 Å². The fraction of sp³-hybridized carbons (Fsp3) is 0.400. The van der Waals surface area contributed by atoms with Crippen LogP contribution < -0.4 is 10.2 Å². The summed E-state index contributed by atoms with van der Waals surface area (Å²) >= 11 is 0. The van der Waals surface area contributed by atoms with E-state index in [0.717, 1.165) is 24.1 Å². The molecular formula is C20H28N4O3S. The Balaban J connectivity index is 0.000000221. The van der Waals surface area contributed by atoms with Crippen LogP contribution in [0.3, 0.4) is 0 Å². The van der Waals surface area contributed by atoms with Gasteiger partial charge in [0.2, 0.25) is 16.4 Å². The summed E-state index contributed by atoms with van der Waals surface area (Å²) in [5.74, 6) is 0. The van der Waals surface area contributed by atoms with Crippen LogP contribution in [0.5, 0.6) is 0 Å². The summed E-state index contributed by atoms with van der Waals surface area (Å²) in [6.45, 7) is 2.81. The number of amides is 1. The average molecular weight is 405 g/mol. The summed E-state index contributed by atoms with van der Waals surface area (Å²) in [6.07, 6.45) is 6.06. The third kappa shape index (κ3) is 5.30. The van der Waals surface area contributed by atoms with Crippen LogP contribution in [0.25, 0.3) is 0 Å². The van der Waals surface area contributed by atoms with E-state index in [0.29, 0.717) is 23.9 Å². The Morgan fingerprint density at radius 1 is 1.32 bits per heavy atom. The summed E-state index contributed by atoms with van der Waals surface area (Å²) in [4.78, 5) is 16.3. The van der Waals surface area contributed by atoms with E-state index in [1.165, 1.54) is 9.87 Å². The van der Waals surface area contributed by atoms with Gasteiger partial charge in [-0.15, -0.1) is 0 Å². The molecule has 0 fully saturated rings. The summed E-state index contributed by atoms with van der Waals surface area (Å²) in [5.41, 5.74) is 3.39. The highest BCUT2D eigenvalue weighted by atomic mass is 32.2. The smallest absolute Gasteiger partial charge is 0.242 e. The summed E-state index contributed by atoms with van der Waals surface area (Å²) in [7, 11) is 1.77. The number of fused-ring (bicyclic) bond motifs is 1. The van der Waals surface area contributed by atoms with Crippen LogP contribution in [0.4, 0.5) is 5.69 Å². The van der Waals surface area contributed by atoms with Crippen LogP contribution in [0.15, 0.2) is 47.6 Å². The largest absolute Gasteiger partial charge is 0.371 e. The van der Waals surface area contributed by atoms with Crippen molar-refractivity contribution in [1.82, 2.24) is 14.6 Å². The average Bonchev–Trinajstić information content (AvgIpc) is 2.97. The summed E-state index contributed by atoms with van der Waals surface area (Å²) < 4.78 is 25.3. The van der Waals surface area contributed by atoms with E-state index in [1.54, 1.807) is 38.6 Å². The first-order chi connectivity index (χ1) is 13.3. The molecule has 1 aromatic carbocycles. The summed E-state index contributed by atoms with van der Waals surface area (Å²) in [6, 6.07) is 9.69. The number of likely N-dealkylation sites (N-methyl/N-ethyl adjacent to an activating group) is 1. The molecule has 0 spiro atoms. The number of nitrogens with zero attached hydrogens (tertiary/aromatic N) is 3. The van der Waals surface area contributed by atoms with Crippen molar-refractivity contribution in [1.29, 1.82) is 0 Å². The Bertz CT molecular complexity index is 886. The number of benzene rings is 1. The quantitative estimate of drug-likeness (QED) is 0.585. The molecule has 28 heavy (non-hydrogen) atoms. The summed E-state index contributed by atoms with van der Waals surface area (Å²) in [5, 5.41) is 2.59. The molecule has 152 valence electrons. The fourth-order valence-electron chi connectivity index (χ4n) is 2.93. The number of pyridine rings is 1. The van der Waals surface area contributed by atoms with Gasteiger partial charge in [0.15, 0.2) is 0 Å². The molecular weight excluding hydrogens is 376 g/mol. The van der Waals surface area contributed by atoms with Crippen LogP contribution in [0.1, 0.15) is 18.1 Å². The molecule has 1 aliphatic heterocycles. The van der Waals surface area contributed by atoms with E-state index in [-0.39, 0.29) is 0 Å². The number of carbonyl (C=O) groups is 1. The third-order valence-electron chi connectivity index (χ3n) is 4.76. The number of rotatable bonds is 6. The number of carbonyl (C=O) groups excluding carboxylic acids is 1. The molecule has 1 amide bonds. The zero-order valence-electron chi connectivity index (χ0n) is 16.8. The number of hydrogen-bond donors (Lipinski definition) is 1. The van der Waals surface area contributed by atoms with Crippen LogP contribution in [-0.4, -0.2) is 57.8 Å². The lowest BCUT2D eigenvalue weighted by molar-refractivity contribution is -0.109. The molecule has 1 atom stereocenters. The van der Waals surface area contributed by atoms with Gasteiger partial charge in [-0.2, -0.15) is 0 Å². The van der Waals surface area contributed by atoms with Gasteiger partial charge in [-0.05, 0) is 49.1 Å². The predicted octanol–water partition coefficient (Wildman–Crippen LogP) is 1.69. The number of nitrogens with one attached hydrogen (secondary N) is 1. The minimum Gasteiger partial charge on any atom is -0.371 e. The molecule has 0 aliphatic carbocycles. The first-order valence-corrected chi connectivity index (χ1v) is 10.6. The minimum atomic E-state index is -3.33. The van der Waals surface area contributed by atoms with Crippen molar-refractivity contribution in [2.24, 2.45) is 0 Å². The van der Waals surface area contributed by atoms with E-state index in [1.807, 2.05) is 25.2 Å². The van der Waals surface area contributed by atoms with Crippen LogP contribution in [-0.2, 0) is 27.7 Å². The van der Waals surface area contributed by atoms with Gasteiger partial charge in [-0.25, -0.2) is 12.7 Å². The second-order valence-electron chi connectivity index (χ2n) is 6.93. The van der Waals surface area contributed by atoms with Crippen LogP contribution >= 0.6 is 0 Å². The molecule has 3 rings (SSSR count). The molecule has 1 N–H and O–H groups in total. The lowest BCUT2D eigenvalue weighted by atomic mass is 10.1. The lowest BCUT2D eigenvalue weighted by Gasteiger charge is -2.19. The van der Waals surface area contributed by atoms with Gasteiger partial charge in [-0.3, -0.25) is 9.78 Å². The van der Waals surface area contributed by atoms with Crippen molar-refractivity contribution in [3.63, 3.8) is 0 Å². The highest BCUT2D eigenvalue weighted by Gasteiger charge is 2.26. The maximum atomic E-state index is 12.0. The first kappa shape index (κ1) is 21.8. The molecule has 7 nitrogen and oxygen atoms in total. The van der Waals surface area contributed by atoms with Gasteiger partial charge >= 0.3 is 0 Å². The minimum absolute atomic E-state index is 0.363. The molecule has 0 radical (unpaired) electrons. The van der Waals surface area contributed by atoms with Gasteiger partial charge in [0, 0.05) is 51.8 Å². The maximum absolute atomic E-state index is 12.0. The van der Waals surface area contributed by atoms with Gasteiger partial charge in [0.25, 0.3) is 0 Å². The lowest BCUT2D eigenvalue weighted by Crippen LogP contribution is -2.24. The van der Waals surface area contributed by atoms with Crippen molar-refractivity contribution in [2.45, 2.75) is 30.7 Å². The van der Waals surface area contributed by atoms with Crippen molar-refractivity contribution in [3.8, 4) is 0 Å². The van der Waals surface area contributed by atoms with Crippen LogP contribution in [0.2, 0.25) is 0 Å². The Kier molecular flexibility index (Phi) is 7.53. The number of anilines is 1. The van der Waals surface area contributed by atoms with E-state index >= 15 is 0 Å². The Hall–Kier alpha value is -2.45. The predicted molar refractivity (Wildman–Crippen MR) is 111 cm³/mol. The van der Waals surface area contributed by atoms with Gasteiger partial charge in [-0.1, -0.05) is 12.1 Å². The number of sulfonamides is 1. The van der Waals surface area contributed by atoms with E-state index < -0.39 is 10.0 Å². The number of aromatic nitrogens is 1. The third-order valence-corrected chi connectivity index (χ3v) is 6.57. The molecule has 8 heteroatoms. The number of hydrogen-bond acceptors (Lipinski definition) is 5. The molecule has 1 aromatic heterocycles. The molecule has 0 saturated heterocycles. The maximum Gasteiger partial charge on any atom is 0.242 e. The van der Waals surface area contributed by atoms with Crippen molar-refractivity contribution < 1.29 is 13.2 Å². The SMILES string of the molecule is CC1Cc2ccc(S(=O)(=O)N(C)C)cc2N1C.O=CNCCc1cccnc1. The zero-order chi connectivity index (χ0) is 20.7. The molecule has 1 aliphatic rings. The molecule has 1 unspecified atom stereocenters. The van der Waals surface area contributed by atoms with Crippen molar-refractivity contribution in [3.05, 3.63) is 53.9 Å². The Morgan fingerprint density at radius 2 is 2.07 bits per heavy atom. The van der Waals surface area contributed by atoms with Gasteiger partial charge < -0.3 is 10.2 Å². The Morgan fingerprint density at radius 3 is 2.68 bits per heavy atom. The van der Waals surface area contributed by atoms with Crippen molar-refractivity contribution in [2.75, 3.05) is 32.6 Å². The monoisotopic (exact) mass is 404 g/mol. The normalized spacial score (nSPS) is 15.6. The molecule has 2 aromatic rings. The molecule has 2 heterocycles. The van der Waals surface area contributed by atoms with Crippen LogP contribution in [0, 0.1) is 0 Å². The molecule has 0 saturated carbocycles.